The van der Waals surface area contributed by atoms with E-state index in [0.29, 0.717) is 0 Å². The van der Waals surface area contributed by atoms with Crippen molar-refractivity contribution in [3.63, 3.8) is 0 Å². The zero-order chi connectivity index (χ0) is 5.70. The van der Waals surface area contributed by atoms with Crippen molar-refractivity contribution in [1.82, 2.24) is 0 Å². The van der Waals surface area contributed by atoms with Crippen LogP contribution in [0.1, 0.15) is 19.8 Å². The van der Waals surface area contributed by atoms with Gasteiger partial charge in [0.25, 0.3) is 0 Å². The van der Waals surface area contributed by atoms with E-state index in [2.05, 4.69) is 34.0 Å². The molecule has 0 rings (SSSR count). The van der Waals surface area contributed by atoms with E-state index in [-0.39, 0.29) is 0 Å². The van der Waals surface area contributed by atoms with Gasteiger partial charge in [-0.05, 0) is 0 Å². The maximum atomic E-state index is 3.58. The normalized spacial score (nSPS) is 9.00. The van der Waals surface area contributed by atoms with E-state index in [1.54, 1.807) is 0 Å². The zero-order valence-electron chi connectivity index (χ0n) is 4.45. The first kappa shape index (κ1) is 8.60. The molecule has 42 valence electrons. The van der Waals surface area contributed by atoms with Crippen LogP contribution in [-0.2, 0) is 0 Å². The van der Waals surface area contributed by atoms with Gasteiger partial charge in [-0.1, -0.05) is 0 Å². The number of halogens is 2. The fraction of sp³-hybridized carbons (Fsp3) is 1.00. The summed E-state index contributed by atoms with van der Waals surface area (Å²) >= 11 is 6.21. The number of rotatable bonds is 3. The Labute approximate surface area is 63.7 Å². The molecule has 0 saturated heterocycles. The fourth-order valence-corrected chi connectivity index (χ4v) is 5.23. The molecule has 0 radical (unpaired) electrons. The van der Waals surface area contributed by atoms with Gasteiger partial charge in [0.15, 0.2) is 0 Å². The van der Waals surface area contributed by atoms with Crippen molar-refractivity contribution in [2.75, 3.05) is 0 Å². The number of hydrogen-bond donors (Lipinski definition) is 0. The van der Waals surface area contributed by atoms with Gasteiger partial charge >= 0.3 is 64.1 Å². The summed E-state index contributed by atoms with van der Waals surface area (Å²) in [5, 5.41) is 0. The van der Waals surface area contributed by atoms with Crippen LogP contribution in [0.5, 0.6) is 0 Å². The summed E-state index contributed by atoms with van der Waals surface area (Å²) in [5.74, 6) is 0. The average molecular weight is 287 g/mol. The van der Waals surface area contributed by atoms with Crippen molar-refractivity contribution < 1.29 is 0 Å². The van der Waals surface area contributed by atoms with Gasteiger partial charge in [0, 0.05) is 0 Å². The molecule has 0 bridgehead atoms. The van der Waals surface area contributed by atoms with Crippen molar-refractivity contribution in [2.45, 2.75) is 24.7 Å². The Morgan fingerprint density at radius 3 is 2.14 bits per heavy atom. The van der Waals surface area contributed by atoms with Crippen molar-refractivity contribution in [3.05, 3.63) is 0 Å². The van der Waals surface area contributed by atoms with Gasteiger partial charge in [-0.3, -0.25) is 0 Å². The molecule has 3 heteroatoms. The van der Waals surface area contributed by atoms with E-state index >= 15 is 0 Å². The van der Waals surface area contributed by atoms with E-state index in [0.717, 1.165) is 0 Å². The van der Waals surface area contributed by atoms with E-state index in [9.17, 15) is 0 Å². The molecule has 0 unspecified atom stereocenters. The van der Waals surface area contributed by atoms with Gasteiger partial charge < -0.3 is 0 Å². The third-order valence-electron chi connectivity index (χ3n) is 0.776. The van der Waals surface area contributed by atoms with E-state index in [4.69, 9.17) is 0 Å². The quantitative estimate of drug-likeness (QED) is 0.700. The molecule has 0 atom stereocenters. The van der Waals surface area contributed by atoms with Crippen LogP contribution in [0.25, 0.3) is 0 Å². The Morgan fingerprint density at radius 2 is 2.00 bits per heavy atom. The van der Waals surface area contributed by atoms with Gasteiger partial charge in [-0.25, -0.2) is 0 Å². The van der Waals surface area contributed by atoms with E-state index in [1.807, 2.05) is 0 Å². The van der Waals surface area contributed by atoms with Crippen molar-refractivity contribution >= 4 is 39.4 Å². The fourth-order valence-electron chi connectivity index (χ4n) is 0.358. The predicted octanol–water partition coefficient (Wildman–Crippen LogP) is 3.06. The van der Waals surface area contributed by atoms with Crippen LogP contribution < -0.4 is 0 Å². The summed E-state index contributed by atoms with van der Waals surface area (Å²) in [6.07, 6.45) is 2.72. The van der Waals surface area contributed by atoms with Gasteiger partial charge in [0.05, 0.1) is 0 Å². The molecule has 0 aliphatic carbocycles. The van der Waals surface area contributed by atoms with Crippen LogP contribution in [0, 0.1) is 0 Å². The second kappa shape index (κ2) is 5.73. The van der Waals surface area contributed by atoms with Gasteiger partial charge in [0.1, 0.15) is 0 Å². The zero-order valence-corrected chi connectivity index (χ0v) is 10.0. The molecule has 0 aliphatic heterocycles. The van der Waals surface area contributed by atoms with Gasteiger partial charge in [-0.15, -0.1) is 0 Å². The van der Waals surface area contributed by atoms with Crippen LogP contribution in [0.4, 0.5) is 0 Å². The van der Waals surface area contributed by atoms with Crippen LogP contribution in [0.3, 0.4) is 0 Å². The molecule has 0 N–H and O–H groups in total. The Kier molecular flexibility index (Phi) is 7.03. The van der Waals surface area contributed by atoms with Crippen molar-refractivity contribution in [3.8, 4) is 0 Å². The third-order valence-corrected chi connectivity index (χ3v) is 7.31. The Morgan fingerprint density at radius 1 is 1.43 bits per heavy atom. The molecular formula is C4H9Br2Ga. The molecule has 0 nitrogen and oxygen atoms in total. The maximum absolute atomic E-state index is 3.58. The first-order valence-corrected chi connectivity index (χ1v) is 15.6. The molecule has 0 heterocycles. The van der Waals surface area contributed by atoms with Crippen LogP contribution in [0.2, 0.25) is 4.98 Å². The predicted molar refractivity (Wildman–Crippen MR) is 43.3 cm³/mol. The minimum atomic E-state index is -0.945. The second-order valence-corrected chi connectivity index (χ2v) is 22.3. The summed E-state index contributed by atoms with van der Waals surface area (Å²) in [6.45, 7) is 2.23. The van der Waals surface area contributed by atoms with Crippen molar-refractivity contribution in [1.29, 1.82) is 0 Å². The summed E-state index contributed by atoms with van der Waals surface area (Å²) < 4.78 is 0. The van der Waals surface area contributed by atoms with Crippen molar-refractivity contribution in [2.24, 2.45) is 0 Å². The first-order chi connectivity index (χ1) is 3.27. The molecule has 0 fully saturated rings. The molecule has 0 aromatic heterocycles. The minimum absolute atomic E-state index is 0.945. The van der Waals surface area contributed by atoms with Gasteiger partial charge in [-0.2, -0.15) is 0 Å². The molecule has 0 saturated carbocycles. The summed E-state index contributed by atoms with van der Waals surface area (Å²) in [7, 11) is 0. The van der Waals surface area contributed by atoms with Crippen LogP contribution in [0.15, 0.2) is 0 Å². The topological polar surface area (TPSA) is 0 Å². The number of hydrogen-bond acceptors (Lipinski definition) is 0. The summed E-state index contributed by atoms with van der Waals surface area (Å²) in [5.41, 5.74) is 0. The Bertz CT molecular complexity index is 38.7. The Balaban J connectivity index is 2.68. The van der Waals surface area contributed by atoms with E-state index < -0.39 is 12.3 Å². The van der Waals surface area contributed by atoms with Crippen LogP contribution in [-0.4, -0.2) is 12.3 Å². The Hall–Kier alpha value is 1.60. The summed E-state index contributed by atoms with van der Waals surface area (Å²) in [4.78, 5) is 1.42. The second-order valence-electron chi connectivity index (χ2n) is 1.53. The molecule has 0 spiro atoms. The number of unbranched alkanes of at least 4 members (excludes halogenated alkanes) is 1. The monoisotopic (exact) mass is 284 g/mol. The van der Waals surface area contributed by atoms with Crippen LogP contribution >= 0.6 is 27.1 Å². The SMILES string of the molecule is CCC[CH2][Ga]([Br])[Br]. The molecule has 0 aromatic rings. The van der Waals surface area contributed by atoms with E-state index in [1.165, 1.54) is 17.8 Å². The first-order valence-electron chi connectivity index (χ1n) is 2.55. The molecule has 0 amide bonds. The molecule has 0 aromatic carbocycles. The average Bonchev–Trinajstić information content (AvgIpc) is 1.61. The standard InChI is InChI=1S/C4H9.2BrH.Ga/c1-3-4-2;;;/h1,3-4H2,2H3;2*1H;/q;;;+2/p-2. The third kappa shape index (κ3) is 7.60. The molecular weight excluding hydrogens is 278 g/mol. The molecule has 0 aliphatic rings. The molecule has 7 heavy (non-hydrogen) atoms. The van der Waals surface area contributed by atoms with Gasteiger partial charge in [0.2, 0.25) is 0 Å². The summed E-state index contributed by atoms with van der Waals surface area (Å²) in [6, 6.07) is 0.